The zero-order valence-electron chi connectivity index (χ0n) is 10.4. The summed E-state index contributed by atoms with van der Waals surface area (Å²) in [5.41, 5.74) is 2.58. The van der Waals surface area contributed by atoms with E-state index in [4.69, 9.17) is 4.74 Å². The van der Waals surface area contributed by atoms with Crippen molar-refractivity contribution in [2.75, 3.05) is 7.11 Å². The number of hydrogen-bond donors (Lipinski definition) is 1. The van der Waals surface area contributed by atoms with Gasteiger partial charge in [-0.1, -0.05) is 6.07 Å². The van der Waals surface area contributed by atoms with Gasteiger partial charge in [0.25, 0.3) is 0 Å². The molecule has 2 nitrogen and oxygen atoms in total. The predicted octanol–water partition coefficient (Wildman–Crippen LogP) is 4.37. The molecule has 1 unspecified atom stereocenters. The summed E-state index contributed by atoms with van der Waals surface area (Å²) in [5, 5.41) is 7.80. The lowest BCUT2D eigenvalue weighted by molar-refractivity contribution is 0.412. The van der Waals surface area contributed by atoms with E-state index in [0.29, 0.717) is 6.04 Å². The molecule has 0 fully saturated rings. The lowest BCUT2D eigenvalue weighted by Crippen LogP contribution is -2.17. The molecule has 0 bridgehead atoms. The van der Waals surface area contributed by atoms with Gasteiger partial charge in [0.15, 0.2) is 0 Å². The fourth-order valence-corrected chi connectivity index (χ4v) is 3.07. The van der Waals surface area contributed by atoms with Gasteiger partial charge in [-0.3, -0.25) is 0 Å². The first kappa shape index (κ1) is 13.6. The van der Waals surface area contributed by atoms with E-state index in [0.717, 1.165) is 16.8 Å². The number of benzene rings is 1. The van der Waals surface area contributed by atoms with Gasteiger partial charge < -0.3 is 10.1 Å². The topological polar surface area (TPSA) is 21.3 Å². The quantitative estimate of drug-likeness (QED) is 0.881. The predicted molar refractivity (Wildman–Crippen MR) is 80.3 cm³/mol. The van der Waals surface area contributed by atoms with Crippen molar-refractivity contribution < 1.29 is 4.74 Å². The van der Waals surface area contributed by atoms with Crippen molar-refractivity contribution in [2.24, 2.45) is 0 Å². The molecule has 4 heteroatoms. The van der Waals surface area contributed by atoms with Crippen molar-refractivity contribution >= 4 is 27.3 Å². The molecule has 1 aromatic heterocycles. The molecule has 1 aromatic carbocycles. The third kappa shape index (κ3) is 3.34. The van der Waals surface area contributed by atoms with Crippen LogP contribution in [-0.2, 0) is 6.54 Å². The van der Waals surface area contributed by atoms with Crippen molar-refractivity contribution in [3.63, 3.8) is 0 Å². The van der Waals surface area contributed by atoms with Crippen LogP contribution in [0.1, 0.15) is 24.1 Å². The molecule has 2 aromatic rings. The van der Waals surface area contributed by atoms with Gasteiger partial charge >= 0.3 is 0 Å². The second-order valence-corrected chi connectivity index (χ2v) is 5.76. The van der Waals surface area contributed by atoms with E-state index in [-0.39, 0.29) is 0 Å². The Labute approximate surface area is 120 Å². The average molecular weight is 326 g/mol. The summed E-state index contributed by atoms with van der Waals surface area (Å²) in [6.07, 6.45) is 0. The minimum Gasteiger partial charge on any atom is -0.496 e. The molecule has 0 aliphatic carbocycles. The van der Waals surface area contributed by atoms with Gasteiger partial charge in [0.2, 0.25) is 0 Å². The van der Waals surface area contributed by atoms with Gasteiger partial charge in [-0.05, 0) is 62.9 Å². The first-order chi connectivity index (χ1) is 8.70. The van der Waals surface area contributed by atoms with Crippen molar-refractivity contribution in [1.82, 2.24) is 5.32 Å². The van der Waals surface area contributed by atoms with E-state index in [2.05, 4.69) is 57.1 Å². The minimum absolute atomic E-state index is 0.372. The van der Waals surface area contributed by atoms with Crippen molar-refractivity contribution in [3.8, 4) is 5.75 Å². The van der Waals surface area contributed by atoms with Crippen LogP contribution < -0.4 is 10.1 Å². The maximum atomic E-state index is 5.22. The maximum absolute atomic E-state index is 5.22. The van der Waals surface area contributed by atoms with Crippen LogP contribution in [0.3, 0.4) is 0 Å². The highest BCUT2D eigenvalue weighted by atomic mass is 79.9. The highest BCUT2D eigenvalue weighted by Crippen LogP contribution is 2.25. The van der Waals surface area contributed by atoms with E-state index in [9.17, 15) is 0 Å². The van der Waals surface area contributed by atoms with Gasteiger partial charge in [-0.15, -0.1) is 0 Å². The minimum atomic E-state index is 0.372. The van der Waals surface area contributed by atoms with E-state index >= 15 is 0 Å². The SMILES string of the molecule is COc1ccc(CNC(C)c2ccsc2)cc1Br. The van der Waals surface area contributed by atoms with Crippen molar-refractivity contribution in [2.45, 2.75) is 19.5 Å². The van der Waals surface area contributed by atoms with Crippen LogP contribution in [0.25, 0.3) is 0 Å². The third-order valence-electron chi connectivity index (χ3n) is 2.87. The molecule has 0 amide bonds. The first-order valence-corrected chi connectivity index (χ1v) is 7.52. The molecular formula is C14H16BrNOS. The number of halogens is 1. The van der Waals surface area contributed by atoms with Crippen LogP contribution in [-0.4, -0.2) is 7.11 Å². The second-order valence-electron chi connectivity index (χ2n) is 4.13. The molecule has 1 heterocycles. The summed E-state index contributed by atoms with van der Waals surface area (Å²) < 4.78 is 6.21. The number of rotatable bonds is 5. The van der Waals surface area contributed by atoms with Gasteiger partial charge in [0.1, 0.15) is 5.75 Å². The summed E-state index contributed by atoms with van der Waals surface area (Å²) >= 11 is 5.23. The summed E-state index contributed by atoms with van der Waals surface area (Å²) in [7, 11) is 1.68. The summed E-state index contributed by atoms with van der Waals surface area (Å²) in [5.74, 6) is 0.865. The van der Waals surface area contributed by atoms with Gasteiger partial charge in [0, 0.05) is 12.6 Å². The Morgan fingerprint density at radius 2 is 2.22 bits per heavy atom. The Morgan fingerprint density at radius 3 is 2.83 bits per heavy atom. The molecule has 1 N–H and O–H groups in total. The van der Waals surface area contributed by atoms with Gasteiger partial charge in [0.05, 0.1) is 11.6 Å². The highest BCUT2D eigenvalue weighted by molar-refractivity contribution is 9.10. The summed E-state index contributed by atoms with van der Waals surface area (Å²) in [4.78, 5) is 0. The monoisotopic (exact) mass is 325 g/mol. The fraction of sp³-hybridized carbons (Fsp3) is 0.286. The average Bonchev–Trinajstić information content (AvgIpc) is 2.90. The van der Waals surface area contributed by atoms with E-state index < -0.39 is 0 Å². The number of ether oxygens (including phenoxy) is 1. The van der Waals surface area contributed by atoms with Crippen molar-refractivity contribution in [1.29, 1.82) is 0 Å². The summed E-state index contributed by atoms with van der Waals surface area (Å²) in [6, 6.07) is 8.68. The number of methoxy groups -OCH3 is 1. The Balaban J connectivity index is 1.96. The molecule has 2 rings (SSSR count). The molecule has 0 aliphatic heterocycles. The van der Waals surface area contributed by atoms with Crippen LogP contribution >= 0.6 is 27.3 Å². The van der Waals surface area contributed by atoms with E-state index in [1.54, 1.807) is 18.4 Å². The number of thiophene rings is 1. The molecule has 0 spiro atoms. The maximum Gasteiger partial charge on any atom is 0.133 e. The molecule has 0 saturated carbocycles. The normalized spacial score (nSPS) is 12.4. The molecule has 0 aliphatic rings. The van der Waals surface area contributed by atoms with Crippen molar-refractivity contribution in [3.05, 3.63) is 50.6 Å². The van der Waals surface area contributed by atoms with E-state index in [1.165, 1.54) is 11.1 Å². The highest BCUT2D eigenvalue weighted by Gasteiger charge is 2.06. The third-order valence-corrected chi connectivity index (χ3v) is 4.19. The molecule has 1 atom stereocenters. The van der Waals surface area contributed by atoms with Crippen LogP contribution in [0.5, 0.6) is 5.75 Å². The standard InChI is InChI=1S/C14H16BrNOS/c1-10(12-5-6-18-9-12)16-8-11-3-4-14(17-2)13(15)7-11/h3-7,9-10,16H,8H2,1-2H3. The largest absolute Gasteiger partial charge is 0.496 e. The fourth-order valence-electron chi connectivity index (χ4n) is 1.73. The van der Waals surface area contributed by atoms with Crippen LogP contribution in [0.4, 0.5) is 0 Å². The van der Waals surface area contributed by atoms with Crippen LogP contribution in [0.15, 0.2) is 39.5 Å². The Hall–Kier alpha value is -0.840. The number of hydrogen-bond acceptors (Lipinski definition) is 3. The summed E-state index contributed by atoms with van der Waals surface area (Å²) in [6.45, 7) is 3.03. The smallest absolute Gasteiger partial charge is 0.133 e. The zero-order chi connectivity index (χ0) is 13.0. The lowest BCUT2D eigenvalue weighted by Gasteiger charge is -2.13. The zero-order valence-corrected chi connectivity index (χ0v) is 12.8. The first-order valence-electron chi connectivity index (χ1n) is 5.78. The van der Waals surface area contributed by atoms with Gasteiger partial charge in [-0.25, -0.2) is 0 Å². The van der Waals surface area contributed by atoms with E-state index in [1.807, 2.05) is 6.07 Å². The van der Waals surface area contributed by atoms with Crippen LogP contribution in [0.2, 0.25) is 0 Å². The van der Waals surface area contributed by atoms with Gasteiger partial charge in [-0.2, -0.15) is 11.3 Å². The molecule has 0 radical (unpaired) electrons. The lowest BCUT2D eigenvalue weighted by atomic mass is 10.1. The molecule has 96 valence electrons. The Kier molecular flexibility index (Phi) is 4.80. The second kappa shape index (κ2) is 6.36. The Morgan fingerprint density at radius 1 is 1.39 bits per heavy atom. The van der Waals surface area contributed by atoms with Crippen LogP contribution in [0, 0.1) is 0 Å². The molecular weight excluding hydrogens is 310 g/mol. The Bertz CT molecular complexity index is 499. The number of nitrogens with one attached hydrogen (secondary N) is 1. The molecule has 0 saturated heterocycles. The molecule has 18 heavy (non-hydrogen) atoms.